The van der Waals surface area contributed by atoms with Crippen LogP contribution in [0.5, 0.6) is 0 Å². The van der Waals surface area contributed by atoms with Crippen molar-refractivity contribution in [1.29, 1.82) is 0 Å². The summed E-state index contributed by atoms with van der Waals surface area (Å²) in [5.74, 6) is -0.226. The molecule has 1 saturated heterocycles. The second-order valence-corrected chi connectivity index (χ2v) is 6.42. The highest BCUT2D eigenvalue weighted by Gasteiger charge is 2.29. The minimum absolute atomic E-state index is 0.226. The van der Waals surface area contributed by atoms with E-state index in [-0.39, 0.29) is 18.0 Å². The van der Waals surface area contributed by atoms with Crippen molar-refractivity contribution in [3.05, 3.63) is 35.6 Å². The lowest BCUT2D eigenvalue weighted by Gasteiger charge is -2.24. The largest absolute Gasteiger partial charge is 0.444 e. The smallest absolute Gasteiger partial charge is 0.410 e. The average Bonchev–Trinajstić information content (AvgIpc) is 2.85. The summed E-state index contributed by atoms with van der Waals surface area (Å²) in [5, 5.41) is 3.39. The van der Waals surface area contributed by atoms with Crippen molar-refractivity contribution in [2.75, 3.05) is 13.1 Å². The van der Waals surface area contributed by atoms with Gasteiger partial charge >= 0.3 is 6.09 Å². The van der Waals surface area contributed by atoms with Crippen molar-refractivity contribution >= 4 is 6.09 Å². The molecule has 0 bridgehead atoms. The summed E-state index contributed by atoms with van der Waals surface area (Å²) in [4.78, 5) is 13.7. The lowest BCUT2D eigenvalue weighted by Crippen LogP contribution is -2.38. The van der Waals surface area contributed by atoms with Crippen molar-refractivity contribution in [2.24, 2.45) is 0 Å². The van der Waals surface area contributed by atoms with Gasteiger partial charge in [0.15, 0.2) is 0 Å². The Morgan fingerprint density at radius 3 is 2.67 bits per heavy atom. The van der Waals surface area contributed by atoms with Gasteiger partial charge < -0.3 is 15.0 Å². The van der Waals surface area contributed by atoms with Crippen molar-refractivity contribution in [1.82, 2.24) is 10.2 Å². The van der Waals surface area contributed by atoms with Gasteiger partial charge in [-0.3, -0.25) is 0 Å². The van der Waals surface area contributed by atoms with Crippen LogP contribution in [0.2, 0.25) is 0 Å². The van der Waals surface area contributed by atoms with E-state index in [2.05, 4.69) is 5.32 Å². The van der Waals surface area contributed by atoms with Gasteiger partial charge in [-0.25, -0.2) is 9.18 Å². The first kappa shape index (κ1) is 15.8. The van der Waals surface area contributed by atoms with E-state index in [4.69, 9.17) is 4.74 Å². The van der Waals surface area contributed by atoms with Gasteiger partial charge in [0.1, 0.15) is 11.4 Å². The number of hydrogen-bond donors (Lipinski definition) is 1. The molecule has 0 aliphatic carbocycles. The van der Waals surface area contributed by atoms with Gasteiger partial charge in [-0.2, -0.15) is 0 Å². The Labute approximate surface area is 125 Å². The van der Waals surface area contributed by atoms with Crippen LogP contribution in [-0.2, 0) is 11.3 Å². The fourth-order valence-electron chi connectivity index (χ4n) is 2.28. The van der Waals surface area contributed by atoms with Crippen molar-refractivity contribution in [3.63, 3.8) is 0 Å². The molecule has 1 aromatic carbocycles. The first-order chi connectivity index (χ1) is 9.83. The molecule has 1 aliphatic rings. The molecule has 21 heavy (non-hydrogen) atoms. The van der Waals surface area contributed by atoms with Gasteiger partial charge in [0, 0.05) is 25.7 Å². The maximum Gasteiger partial charge on any atom is 0.410 e. The molecule has 1 heterocycles. The van der Waals surface area contributed by atoms with E-state index in [0.29, 0.717) is 19.6 Å². The number of amides is 1. The highest BCUT2D eigenvalue weighted by atomic mass is 19.1. The molecule has 1 fully saturated rings. The van der Waals surface area contributed by atoms with Crippen LogP contribution in [0.3, 0.4) is 0 Å². The zero-order valence-corrected chi connectivity index (χ0v) is 12.9. The molecule has 0 unspecified atom stereocenters. The zero-order valence-electron chi connectivity index (χ0n) is 12.9. The van der Waals surface area contributed by atoms with E-state index in [1.165, 1.54) is 12.1 Å². The molecule has 0 aromatic heterocycles. The second-order valence-electron chi connectivity index (χ2n) is 6.42. The number of carbonyl (C=O) groups excluding carboxylic acids is 1. The van der Waals surface area contributed by atoms with Crippen LogP contribution in [-0.4, -0.2) is 35.7 Å². The Bertz CT molecular complexity index is 482. The molecular weight excluding hydrogens is 271 g/mol. The normalized spacial score (nSPS) is 18.9. The number of halogens is 1. The number of likely N-dealkylation sites (tertiary alicyclic amines) is 1. The lowest BCUT2D eigenvalue weighted by atomic mass is 10.2. The van der Waals surface area contributed by atoms with Crippen LogP contribution in [0.25, 0.3) is 0 Å². The Balaban J connectivity index is 1.77. The highest BCUT2D eigenvalue weighted by Crippen LogP contribution is 2.15. The van der Waals surface area contributed by atoms with Crippen LogP contribution in [0, 0.1) is 5.82 Å². The third kappa shape index (κ3) is 5.01. The second kappa shape index (κ2) is 6.43. The van der Waals surface area contributed by atoms with Gasteiger partial charge in [0.25, 0.3) is 0 Å². The van der Waals surface area contributed by atoms with Crippen LogP contribution < -0.4 is 5.32 Å². The predicted molar refractivity (Wildman–Crippen MR) is 79.5 cm³/mol. The molecule has 5 heteroatoms. The van der Waals surface area contributed by atoms with E-state index in [9.17, 15) is 9.18 Å². The standard InChI is InChI=1S/C16H23FN2O2/c1-16(2,3)21-15(20)19-9-8-14(11-19)18-10-12-4-6-13(17)7-5-12/h4-7,14,18H,8-11H2,1-3H3/t14-/m0/s1. The summed E-state index contributed by atoms with van der Waals surface area (Å²) in [6.07, 6.45) is 0.647. The molecule has 1 amide bonds. The molecule has 4 nitrogen and oxygen atoms in total. The monoisotopic (exact) mass is 294 g/mol. The Morgan fingerprint density at radius 2 is 2.05 bits per heavy atom. The number of benzene rings is 1. The third-order valence-corrected chi connectivity index (χ3v) is 3.35. The lowest BCUT2D eigenvalue weighted by molar-refractivity contribution is 0.0291. The summed E-state index contributed by atoms with van der Waals surface area (Å²) in [6.45, 7) is 7.63. The van der Waals surface area contributed by atoms with Gasteiger partial charge in [0.2, 0.25) is 0 Å². The predicted octanol–water partition coefficient (Wildman–Crippen LogP) is 2.92. The Morgan fingerprint density at radius 1 is 1.38 bits per heavy atom. The molecule has 1 aliphatic heterocycles. The molecule has 1 N–H and O–H groups in total. The molecule has 0 saturated carbocycles. The summed E-state index contributed by atoms with van der Waals surface area (Å²) < 4.78 is 18.2. The Kier molecular flexibility index (Phi) is 4.83. The number of rotatable bonds is 3. The van der Waals surface area contributed by atoms with E-state index in [1.54, 1.807) is 17.0 Å². The minimum Gasteiger partial charge on any atom is -0.444 e. The number of hydrogen-bond acceptors (Lipinski definition) is 3. The van der Waals surface area contributed by atoms with Crippen molar-refractivity contribution < 1.29 is 13.9 Å². The molecule has 2 rings (SSSR count). The van der Waals surface area contributed by atoms with Gasteiger partial charge in [-0.05, 0) is 44.9 Å². The molecule has 0 spiro atoms. The first-order valence-electron chi connectivity index (χ1n) is 7.29. The summed E-state index contributed by atoms with van der Waals surface area (Å²) in [6, 6.07) is 6.70. The van der Waals surface area contributed by atoms with Crippen LogP contribution in [0.1, 0.15) is 32.8 Å². The van der Waals surface area contributed by atoms with Crippen molar-refractivity contribution in [3.8, 4) is 0 Å². The van der Waals surface area contributed by atoms with Crippen LogP contribution in [0.15, 0.2) is 24.3 Å². The Hall–Kier alpha value is -1.62. The number of ether oxygens (including phenoxy) is 1. The number of nitrogens with one attached hydrogen (secondary N) is 1. The minimum atomic E-state index is -0.462. The molecule has 1 atom stereocenters. The van der Waals surface area contributed by atoms with Crippen LogP contribution in [0.4, 0.5) is 9.18 Å². The van der Waals surface area contributed by atoms with E-state index in [0.717, 1.165) is 12.0 Å². The topological polar surface area (TPSA) is 41.6 Å². The first-order valence-corrected chi connectivity index (χ1v) is 7.29. The molecular formula is C16H23FN2O2. The highest BCUT2D eigenvalue weighted by molar-refractivity contribution is 5.68. The maximum atomic E-state index is 12.8. The van der Waals surface area contributed by atoms with Gasteiger partial charge in [0.05, 0.1) is 0 Å². The number of nitrogens with zero attached hydrogens (tertiary/aromatic N) is 1. The average molecular weight is 294 g/mol. The van der Waals surface area contributed by atoms with Gasteiger partial charge in [-0.1, -0.05) is 12.1 Å². The third-order valence-electron chi connectivity index (χ3n) is 3.35. The SMILES string of the molecule is CC(C)(C)OC(=O)N1CC[C@H](NCc2ccc(F)cc2)C1. The van der Waals surface area contributed by atoms with E-state index in [1.807, 2.05) is 20.8 Å². The summed E-state index contributed by atoms with van der Waals surface area (Å²) in [7, 11) is 0. The summed E-state index contributed by atoms with van der Waals surface area (Å²) >= 11 is 0. The van der Waals surface area contributed by atoms with E-state index < -0.39 is 5.60 Å². The zero-order chi connectivity index (χ0) is 15.5. The summed E-state index contributed by atoms with van der Waals surface area (Å²) in [5.41, 5.74) is 0.573. The molecule has 1 aromatic rings. The fraction of sp³-hybridized carbons (Fsp3) is 0.562. The van der Waals surface area contributed by atoms with Crippen molar-refractivity contribution in [2.45, 2.75) is 45.4 Å². The number of carbonyl (C=O) groups is 1. The quantitative estimate of drug-likeness (QED) is 0.932. The molecule has 116 valence electrons. The fourth-order valence-corrected chi connectivity index (χ4v) is 2.28. The molecule has 0 radical (unpaired) electrons. The van der Waals surface area contributed by atoms with E-state index >= 15 is 0 Å². The van der Waals surface area contributed by atoms with Gasteiger partial charge in [-0.15, -0.1) is 0 Å². The maximum absolute atomic E-state index is 12.8. The van der Waals surface area contributed by atoms with Crippen LogP contribution >= 0.6 is 0 Å².